The zero-order chi connectivity index (χ0) is 11.8. The summed E-state index contributed by atoms with van der Waals surface area (Å²) < 4.78 is 1.47. The van der Waals surface area contributed by atoms with E-state index in [9.17, 15) is 4.79 Å². The Kier molecular flexibility index (Phi) is 1.97. The first kappa shape index (κ1) is 9.64. The fraction of sp³-hybridized carbons (Fsp3) is 0.100. The van der Waals surface area contributed by atoms with Crippen LogP contribution in [0, 0.1) is 0 Å². The summed E-state index contributed by atoms with van der Waals surface area (Å²) in [5.41, 5.74) is 1.46. The van der Waals surface area contributed by atoms with Gasteiger partial charge in [-0.25, -0.2) is 4.98 Å². The molecule has 3 aromatic rings. The largest absolute Gasteiger partial charge is 0.274 e. The second-order valence-corrected chi connectivity index (χ2v) is 3.51. The molecule has 7 heteroatoms. The third-order valence-electron chi connectivity index (χ3n) is 2.42. The zero-order valence-electron chi connectivity index (χ0n) is 8.95. The average molecular weight is 228 g/mol. The summed E-state index contributed by atoms with van der Waals surface area (Å²) in [6.45, 7) is 1.47. The van der Waals surface area contributed by atoms with Crippen LogP contribution in [0.15, 0.2) is 24.3 Å². The number of H-pyrrole nitrogens is 1. The summed E-state index contributed by atoms with van der Waals surface area (Å²) in [7, 11) is 0. The molecule has 0 aliphatic rings. The Bertz CT molecular complexity index is 684. The minimum absolute atomic E-state index is 0.140. The van der Waals surface area contributed by atoms with Crippen molar-refractivity contribution in [3.05, 3.63) is 24.3 Å². The number of aromatic amines is 1. The summed E-state index contributed by atoms with van der Waals surface area (Å²) in [6.07, 6.45) is 0. The maximum Gasteiger partial charge on any atom is 0.240 e. The van der Waals surface area contributed by atoms with Crippen molar-refractivity contribution in [3.8, 4) is 11.6 Å². The highest BCUT2D eigenvalue weighted by Gasteiger charge is 2.17. The van der Waals surface area contributed by atoms with Gasteiger partial charge in [-0.2, -0.15) is 5.21 Å². The van der Waals surface area contributed by atoms with Gasteiger partial charge in [0.15, 0.2) is 5.82 Å². The van der Waals surface area contributed by atoms with Crippen molar-refractivity contribution < 1.29 is 4.79 Å². The molecule has 0 saturated carbocycles. The van der Waals surface area contributed by atoms with Crippen LogP contribution < -0.4 is 0 Å². The molecule has 0 spiro atoms. The highest BCUT2D eigenvalue weighted by molar-refractivity contribution is 5.93. The molecular weight excluding hydrogens is 220 g/mol. The molecule has 0 amide bonds. The molecule has 2 heterocycles. The van der Waals surface area contributed by atoms with Gasteiger partial charge in [-0.1, -0.05) is 12.1 Å². The first-order valence-corrected chi connectivity index (χ1v) is 4.99. The molecule has 0 bridgehead atoms. The minimum Gasteiger partial charge on any atom is -0.274 e. The van der Waals surface area contributed by atoms with Crippen LogP contribution in [0.25, 0.3) is 22.7 Å². The number of para-hydroxylation sites is 2. The lowest BCUT2D eigenvalue weighted by molar-refractivity contribution is 0.0943. The van der Waals surface area contributed by atoms with E-state index in [1.165, 1.54) is 11.5 Å². The van der Waals surface area contributed by atoms with Crippen LogP contribution in [-0.4, -0.2) is 36.1 Å². The van der Waals surface area contributed by atoms with Crippen LogP contribution in [0.2, 0.25) is 0 Å². The molecule has 1 N–H and O–H groups in total. The number of rotatable bonds is 1. The van der Waals surface area contributed by atoms with Gasteiger partial charge in [0.1, 0.15) is 0 Å². The number of hydrogen-bond acceptors (Lipinski definition) is 5. The second-order valence-electron chi connectivity index (χ2n) is 3.51. The molecular formula is C10H8N6O. The van der Waals surface area contributed by atoms with Crippen molar-refractivity contribution in [1.29, 1.82) is 0 Å². The zero-order valence-corrected chi connectivity index (χ0v) is 8.95. The topological polar surface area (TPSA) is 89.4 Å². The van der Waals surface area contributed by atoms with E-state index in [-0.39, 0.29) is 5.91 Å². The summed E-state index contributed by atoms with van der Waals surface area (Å²) in [5, 5.41) is 13.5. The Labute approximate surface area is 95.5 Å². The van der Waals surface area contributed by atoms with Crippen molar-refractivity contribution in [2.24, 2.45) is 0 Å². The fourth-order valence-electron chi connectivity index (χ4n) is 1.75. The number of tetrazole rings is 1. The first-order valence-electron chi connectivity index (χ1n) is 4.99. The molecule has 0 unspecified atom stereocenters. The standard InChI is InChI=1S/C10H8N6O/c1-6(17)16-8-5-3-2-4-7(8)11-10(16)9-12-14-15-13-9/h2-5H,1H3,(H,12,13,14,15). The Hall–Kier alpha value is -2.57. The average Bonchev–Trinajstić information content (AvgIpc) is 2.95. The first-order chi connectivity index (χ1) is 8.27. The van der Waals surface area contributed by atoms with Crippen LogP contribution in [0.5, 0.6) is 0 Å². The van der Waals surface area contributed by atoms with Gasteiger partial charge in [0, 0.05) is 6.92 Å². The molecule has 0 atom stereocenters. The Morgan fingerprint density at radius 3 is 2.88 bits per heavy atom. The molecule has 0 saturated heterocycles. The predicted molar refractivity (Wildman–Crippen MR) is 59.2 cm³/mol. The van der Waals surface area contributed by atoms with Gasteiger partial charge >= 0.3 is 0 Å². The molecule has 0 fully saturated rings. The summed E-state index contributed by atoms with van der Waals surface area (Å²) in [4.78, 5) is 16.0. The number of aromatic nitrogens is 6. The second kappa shape index (κ2) is 3.48. The minimum atomic E-state index is -0.140. The SMILES string of the molecule is CC(=O)n1c(-c2nn[nH]n2)nc2ccccc21. The van der Waals surface area contributed by atoms with E-state index < -0.39 is 0 Å². The van der Waals surface area contributed by atoms with Crippen LogP contribution in [-0.2, 0) is 0 Å². The van der Waals surface area contributed by atoms with E-state index >= 15 is 0 Å². The van der Waals surface area contributed by atoms with Gasteiger partial charge < -0.3 is 0 Å². The number of nitrogens with one attached hydrogen (secondary N) is 1. The predicted octanol–water partition coefficient (Wildman–Crippen LogP) is 0.876. The van der Waals surface area contributed by atoms with Crippen molar-refractivity contribution in [2.75, 3.05) is 0 Å². The highest BCUT2D eigenvalue weighted by Crippen LogP contribution is 2.21. The summed E-state index contributed by atoms with van der Waals surface area (Å²) >= 11 is 0. The van der Waals surface area contributed by atoms with Crippen molar-refractivity contribution in [3.63, 3.8) is 0 Å². The lowest BCUT2D eigenvalue weighted by atomic mass is 10.3. The lowest BCUT2D eigenvalue weighted by Crippen LogP contribution is -2.08. The number of fused-ring (bicyclic) bond motifs is 1. The number of carbonyl (C=O) groups excluding carboxylic acids is 1. The molecule has 0 aliphatic carbocycles. The van der Waals surface area contributed by atoms with Gasteiger partial charge in [0.2, 0.25) is 11.7 Å². The van der Waals surface area contributed by atoms with E-state index in [4.69, 9.17) is 0 Å². The third kappa shape index (κ3) is 1.40. The summed E-state index contributed by atoms with van der Waals surface area (Å²) in [5.74, 6) is 0.558. The Morgan fingerprint density at radius 2 is 2.18 bits per heavy atom. The van der Waals surface area contributed by atoms with E-state index in [0.29, 0.717) is 11.6 Å². The van der Waals surface area contributed by atoms with Gasteiger partial charge in [-0.05, 0) is 17.3 Å². The highest BCUT2D eigenvalue weighted by atomic mass is 16.1. The quantitative estimate of drug-likeness (QED) is 0.667. The van der Waals surface area contributed by atoms with Crippen molar-refractivity contribution in [2.45, 2.75) is 6.92 Å². The Balaban J connectivity index is 2.38. The molecule has 7 nitrogen and oxygen atoms in total. The molecule has 2 aromatic heterocycles. The van der Waals surface area contributed by atoms with Gasteiger partial charge in [-0.3, -0.25) is 9.36 Å². The number of hydrogen-bond donors (Lipinski definition) is 1. The normalized spacial score (nSPS) is 10.9. The molecule has 84 valence electrons. The number of imidazole rings is 1. The van der Waals surface area contributed by atoms with Gasteiger partial charge in [0.25, 0.3) is 0 Å². The van der Waals surface area contributed by atoms with Crippen LogP contribution in [0.3, 0.4) is 0 Å². The summed E-state index contributed by atoms with van der Waals surface area (Å²) in [6, 6.07) is 7.37. The maximum atomic E-state index is 11.7. The molecule has 3 rings (SSSR count). The molecule has 0 radical (unpaired) electrons. The van der Waals surface area contributed by atoms with Crippen LogP contribution in [0.4, 0.5) is 0 Å². The van der Waals surface area contributed by atoms with Crippen LogP contribution >= 0.6 is 0 Å². The van der Waals surface area contributed by atoms with E-state index in [2.05, 4.69) is 25.6 Å². The van der Waals surface area contributed by atoms with Crippen molar-refractivity contribution >= 4 is 16.9 Å². The van der Waals surface area contributed by atoms with E-state index in [1.54, 1.807) is 0 Å². The Morgan fingerprint density at radius 1 is 1.35 bits per heavy atom. The molecule has 0 aliphatic heterocycles. The number of carbonyl (C=O) groups is 1. The number of nitrogens with zero attached hydrogens (tertiary/aromatic N) is 5. The third-order valence-corrected chi connectivity index (χ3v) is 2.42. The number of benzene rings is 1. The van der Waals surface area contributed by atoms with Gasteiger partial charge in [-0.15, -0.1) is 10.2 Å². The van der Waals surface area contributed by atoms with Crippen molar-refractivity contribution in [1.82, 2.24) is 30.2 Å². The van der Waals surface area contributed by atoms with Crippen LogP contribution in [0.1, 0.15) is 11.7 Å². The fourth-order valence-corrected chi connectivity index (χ4v) is 1.75. The molecule has 17 heavy (non-hydrogen) atoms. The van der Waals surface area contributed by atoms with E-state index in [0.717, 1.165) is 11.0 Å². The monoisotopic (exact) mass is 228 g/mol. The molecule has 1 aromatic carbocycles. The lowest BCUT2D eigenvalue weighted by Gasteiger charge is -2.00. The maximum absolute atomic E-state index is 11.7. The van der Waals surface area contributed by atoms with E-state index in [1.807, 2.05) is 24.3 Å². The smallest absolute Gasteiger partial charge is 0.240 e. The van der Waals surface area contributed by atoms with Gasteiger partial charge in [0.05, 0.1) is 11.0 Å².